The summed E-state index contributed by atoms with van der Waals surface area (Å²) in [4.78, 5) is 7.19. The van der Waals surface area contributed by atoms with Crippen molar-refractivity contribution in [3.63, 3.8) is 0 Å². The minimum Gasteiger partial charge on any atom is -0.487 e. The average molecular weight is 259 g/mol. The van der Waals surface area contributed by atoms with Gasteiger partial charge in [0.2, 0.25) is 0 Å². The van der Waals surface area contributed by atoms with Crippen LogP contribution in [0.5, 0.6) is 5.75 Å². The Kier molecular flexibility index (Phi) is 2.90. The van der Waals surface area contributed by atoms with Gasteiger partial charge in [-0.3, -0.25) is 4.98 Å². The van der Waals surface area contributed by atoms with E-state index in [1.807, 2.05) is 36.5 Å². The summed E-state index contributed by atoms with van der Waals surface area (Å²) in [5.41, 5.74) is 2.12. The molecule has 90 valence electrons. The molecule has 0 saturated heterocycles. The molecule has 1 aromatic carbocycles. The van der Waals surface area contributed by atoms with Crippen LogP contribution in [0.15, 0.2) is 48.9 Å². The molecule has 0 unspecified atom stereocenters. The van der Waals surface area contributed by atoms with Crippen LogP contribution < -0.4 is 4.74 Å². The van der Waals surface area contributed by atoms with Gasteiger partial charge < -0.3 is 9.72 Å². The van der Waals surface area contributed by atoms with Crippen molar-refractivity contribution < 1.29 is 4.74 Å². The minimum atomic E-state index is 0.507. The quantitative estimate of drug-likeness (QED) is 0.776. The highest BCUT2D eigenvalue weighted by atomic mass is 35.5. The SMILES string of the molecule is Clc1ccc2c(COc3cccnc3)c[nH]c2c1. The summed E-state index contributed by atoms with van der Waals surface area (Å²) < 4.78 is 5.67. The summed E-state index contributed by atoms with van der Waals surface area (Å²) in [6.45, 7) is 0.507. The number of aromatic nitrogens is 2. The number of hydrogen-bond donors (Lipinski definition) is 1. The highest BCUT2D eigenvalue weighted by Gasteiger charge is 2.04. The van der Waals surface area contributed by atoms with E-state index in [4.69, 9.17) is 16.3 Å². The monoisotopic (exact) mass is 258 g/mol. The van der Waals surface area contributed by atoms with Gasteiger partial charge in [-0.25, -0.2) is 0 Å². The van der Waals surface area contributed by atoms with Gasteiger partial charge in [0.15, 0.2) is 0 Å². The lowest BCUT2D eigenvalue weighted by molar-refractivity contribution is 0.306. The van der Waals surface area contributed by atoms with Crippen LogP contribution in [0.25, 0.3) is 10.9 Å². The predicted octanol–water partition coefficient (Wildman–Crippen LogP) is 3.80. The summed E-state index contributed by atoms with van der Waals surface area (Å²) >= 11 is 5.94. The Balaban J connectivity index is 1.83. The van der Waals surface area contributed by atoms with Crippen molar-refractivity contribution in [1.29, 1.82) is 0 Å². The van der Waals surface area contributed by atoms with E-state index in [9.17, 15) is 0 Å². The zero-order valence-electron chi connectivity index (χ0n) is 9.56. The van der Waals surface area contributed by atoms with Crippen LogP contribution in [0, 0.1) is 0 Å². The van der Waals surface area contributed by atoms with Gasteiger partial charge in [0.1, 0.15) is 12.4 Å². The molecule has 0 radical (unpaired) electrons. The van der Waals surface area contributed by atoms with Crippen LogP contribution in [-0.2, 0) is 6.61 Å². The van der Waals surface area contributed by atoms with Gasteiger partial charge in [-0.05, 0) is 24.3 Å². The van der Waals surface area contributed by atoms with Crippen LogP contribution in [-0.4, -0.2) is 9.97 Å². The highest BCUT2D eigenvalue weighted by molar-refractivity contribution is 6.31. The van der Waals surface area contributed by atoms with Gasteiger partial charge in [0.05, 0.1) is 6.20 Å². The molecule has 0 amide bonds. The van der Waals surface area contributed by atoms with E-state index in [2.05, 4.69) is 9.97 Å². The van der Waals surface area contributed by atoms with E-state index in [1.165, 1.54) is 0 Å². The van der Waals surface area contributed by atoms with Gasteiger partial charge in [-0.2, -0.15) is 0 Å². The molecule has 4 heteroatoms. The maximum absolute atomic E-state index is 5.94. The molecule has 2 heterocycles. The Morgan fingerprint density at radius 1 is 1.28 bits per heavy atom. The molecule has 0 bridgehead atoms. The van der Waals surface area contributed by atoms with Crippen molar-refractivity contribution in [3.05, 3.63) is 59.5 Å². The summed E-state index contributed by atoms with van der Waals surface area (Å²) in [6.07, 6.45) is 5.36. The van der Waals surface area contributed by atoms with E-state index in [1.54, 1.807) is 12.4 Å². The summed E-state index contributed by atoms with van der Waals surface area (Å²) in [7, 11) is 0. The topological polar surface area (TPSA) is 37.9 Å². The zero-order valence-corrected chi connectivity index (χ0v) is 10.3. The molecular weight excluding hydrogens is 248 g/mol. The summed E-state index contributed by atoms with van der Waals surface area (Å²) in [5, 5.41) is 1.85. The summed E-state index contributed by atoms with van der Waals surface area (Å²) in [6, 6.07) is 9.52. The van der Waals surface area contributed by atoms with E-state index in [0.717, 1.165) is 27.2 Å². The smallest absolute Gasteiger partial charge is 0.138 e. The van der Waals surface area contributed by atoms with Crippen LogP contribution in [0.2, 0.25) is 5.02 Å². The predicted molar refractivity (Wildman–Crippen MR) is 71.9 cm³/mol. The number of halogens is 1. The molecule has 0 spiro atoms. The molecule has 3 rings (SSSR count). The number of fused-ring (bicyclic) bond motifs is 1. The Bertz CT molecular complexity index is 664. The maximum atomic E-state index is 5.94. The van der Waals surface area contributed by atoms with Crippen molar-refractivity contribution in [2.24, 2.45) is 0 Å². The van der Waals surface area contributed by atoms with Crippen molar-refractivity contribution >= 4 is 22.5 Å². The minimum absolute atomic E-state index is 0.507. The lowest BCUT2D eigenvalue weighted by Crippen LogP contribution is -1.94. The molecule has 3 aromatic rings. The number of ether oxygens (including phenoxy) is 1. The fraction of sp³-hybridized carbons (Fsp3) is 0.0714. The van der Waals surface area contributed by atoms with Gasteiger partial charge in [-0.1, -0.05) is 17.7 Å². The van der Waals surface area contributed by atoms with Crippen molar-refractivity contribution in [3.8, 4) is 5.75 Å². The number of nitrogens with zero attached hydrogens (tertiary/aromatic N) is 1. The van der Waals surface area contributed by atoms with Crippen molar-refractivity contribution in [2.75, 3.05) is 0 Å². The second-order valence-corrected chi connectivity index (χ2v) is 4.42. The number of nitrogens with one attached hydrogen (secondary N) is 1. The Hall–Kier alpha value is -2.00. The van der Waals surface area contributed by atoms with E-state index >= 15 is 0 Å². The molecule has 0 atom stereocenters. The Morgan fingerprint density at radius 3 is 3.06 bits per heavy atom. The fourth-order valence-electron chi connectivity index (χ4n) is 1.87. The normalized spacial score (nSPS) is 10.7. The summed E-state index contributed by atoms with van der Waals surface area (Å²) in [5.74, 6) is 0.765. The molecule has 1 N–H and O–H groups in total. The van der Waals surface area contributed by atoms with Crippen LogP contribution in [0.1, 0.15) is 5.56 Å². The molecule has 0 aliphatic heterocycles. The third kappa shape index (κ3) is 2.17. The van der Waals surface area contributed by atoms with Crippen LogP contribution in [0.4, 0.5) is 0 Å². The molecule has 2 aromatic heterocycles. The van der Waals surface area contributed by atoms with Crippen LogP contribution >= 0.6 is 11.6 Å². The number of rotatable bonds is 3. The standard InChI is InChI=1S/C14H11ClN2O/c15-11-3-4-13-10(7-17-14(13)6-11)9-18-12-2-1-5-16-8-12/h1-8,17H,9H2. The number of aromatic amines is 1. The molecule has 0 saturated carbocycles. The fourth-order valence-corrected chi connectivity index (χ4v) is 2.04. The Labute approximate surface area is 109 Å². The number of hydrogen-bond acceptors (Lipinski definition) is 2. The van der Waals surface area contributed by atoms with E-state index in [0.29, 0.717) is 6.61 Å². The molecule has 0 aliphatic rings. The maximum Gasteiger partial charge on any atom is 0.138 e. The van der Waals surface area contributed by atoms with Crippen LogP contribution in [0.3, 0.4) is 0 Å². The molecule has 18 heavy (non-hydrogen) atoms. The number of H-pyrrole nitrogens is 1. The number of pyridine rings is 1. The lowest BCUT2D eigenvalue weighted by atomic mass is 10.2. The lowest BCUT2D eigenvalue weighted by Gasteiger charge is -2.04. The van der Waals surface area contributed by atoms with Gasteiger partial charge >= 0.3 is 0 Å². The second kappa shape index (κ2) is 4.70. The first-order valence-corrected chi connectivity index (χ1v) is 5.99. The highest BCUT2D eigenvalue weighted by Crippen LogP contribution is 2.23. The molecular formula is C14H11ClN2O. The first-order valence-electron chi connectivity index (χ1n) is 5.61. The molecule has 0 fully saturated rings. The average Bonchev–Trinajstić information content (AvgIpc) is 2.80. The van der Waals surface area contributed by atoms with Crippen molar-refractivity contribution in [2.45, 2.75) is 6.61 Å². The second-order valence-electron chi connectivity index (χ2n) is 3.98. The third-order valence-corrected chi connectivity index (χ3v) is 2.99. The Morgan fingerprint density at radius 2 is 2.22 bits per heavy atom. The zero-order chi connectivity index (χ0) is 12.4. The van der Waals surface area contributed by atoms with Gasteiger partial charge in [0.25, 0.3) is 0 Å². The van der Waals surface area contributed by atoms with E-state index < -0.39 is 0 Å². The largest absolute Gasteiger partial charge is 0.487 e. The van der Waals surface area contributed by atoms with E-state index in [-0.39, 0.29) is 0 Å². The first kappa shape index (κ1) is 11.1. The number of benzene rings is 1. The third-order valence-electron chi connectivity index (χ3n) is 2.76. The first-order chi connectivity index (χ1) is 8.83. The van der Waals surface area contributed by atoms with Gasteiger partial charge in [0, 0.05) is 33.9 Å². The van der Waals surface area contributed by atoms with Gasteiger partial charge in [-0.15, -0.1) is 0 Å². The molecule has 0 aliphatic carbocycles. The van der Waals surface area contributed by atoms with Crippen molar-refractivity contribution in [1.82, 2.24) is 9.97 Å². The molecule has 3 nitrogen and oxygen atoms in total.